The number of nitrogens with two attached hydrogens (primary N) is 1. The molecule has 0 radical (unpaired) electrons. The zero-order chi connectivity index (χ0) is 15.4. The minimum atomic E-state index is -0.485. The summed E-state index contributed by atoms with van der Waals surface area (Å²) in [6.45, 7) is 4.17. The number of aromatic nitrogens is 2. The Morgan fingerprint density at radius 2 is 1.95 bits per heavy atom. The van der Waals surface area contributed by atoms with E-state index in [-0.39, 0.29) is 17.5 Å². The first-order chi connectivity index (χ1) is 10.0. The zero-order valence-electron chi connectivity index (χ0n) is 12.2. The topological polar surface area (TPSA) is 92.9 Å². The first kappa shape index (κ1) is 14.9. The molecule has 21 heavy (non-hydrogen) atoms. The van der Waals surface area contributed by atoms with Crippen molar-refractivity contribution in [3.05, 3.63) is 56.7 Å². The third-order valence-corrected chi connectivity index (χ3v) is 3.33. The van der Waals surface area contributed by atoms with E-state index in [0.717, 1.165) is 12.0 Å². The lowest BCUT2D eigenvalue weighted by atomic mass is 10.1. The quantitative estimate of drug-likeness (QED) is 0.770. The van der Waals surface area contributed by atoms with Gasteiger partial charge in [0.1, 0.15) is 11.5 Å². The van der Waals surface area contributed by atoms with E-state index in [1.54, 1.807) is 6.92 Å². The molecular weight excluding hydrogens is 268 g/mol. The molecule has 0 saturated heterocycles. The van der Waals surface area contributed by atoms with Crippen molar-refractivity contribution in [1.82, 2.24) is 9.55 Å². The fourth-order valence-corrected chi connectivity index (χ4v) is 2.31. The Hall–Kier alpha value is -2.50. The van der Waals surface area contributed by atoms with Gasteiger partial charge in [-0.25, -0.2) is 4.79 Å². The summed E-state index contributed by atoms with van der Waals surface area (Å²) < 4.78 is 1.33. The molecule has 0 aliphatic rings. The molecule has 1 aromatic heterocycles. The Morgan fingerprint density at radius 1 is 1.29 bits per heavy atom. The predicted molar refractivity (Wildman–Crippen MR) is 84.6 cm³/mol. The highest BCUT2D eigenvalue weighted by Gasteiger charge is 2.13. The summed E-state index contributed by atoms with van der Waals surface area (Å²) >= 11 is 0. The molecule has 1 unspecified atom stereocenters. The number of H-pyrrole nitrogens is 1. The minimum absolute atomic E-state index is 0.0126. The number of hydrogen-bond acceptors (Lipinski definition) is 4. The molecule has 0 fully saturated rings. The Kier molecular flexibility index (Phi) is 4.47. The first-order valence-corrected chi connectivity index (χ1v) is 6.96. The van der Waals surface area contributed by atoms with E-state index in [1.165, 1.54) is 4.57 Å². The highest BCUT2D eigenvalue weighted by molar-refractivity contribution is 5.60. The highest BCUT2D eigenvalue weighted by Crippen LogP contribution is 2.13. The molecule has 0 bridgehead atoms. The van der Waals surface area contributed by atoms with Crippen LogP contribution in [-0.4, -0.2) is 15.6 Å². The summed E-state index contributed by atoms with van der Waals surface area (Å²) in [7, 11) is 0. The van der Waals surface area contributed by atoms with Gasteiger partial charge < -0.3 is 11.1 Å². The van der Waals surface area contributed by atoms with Crippen LogP contribution in [0.2, 0.25) is 0 Å². The maximum Gasteiger partial charge on any atom is 0.330 e. The smallest absolute Gasteiger partial charge is 0.330 e. The Bertz CT molecular complexity index is 719. The van der Waals surface area contributed by atoms with Crippen LogP contribution >= 0.6 is 0 Å². The van der Waals surface area contributed by atoms with Gasteiger partial charge in [0.2, 0.25) is 0 Å². The second-order valence-electron chi connectivity index (χ2n) is 5.00. The van der Waals surface area contributed by atoms with Crippen molar-refractivity contribution in [2.75, 3.05) is 11.1 Å². The van der Waals surface area contributed by atoms with E-state index < -0.39 is 11.2 Å². The molecular formula is C15H20N4O2. The lowest BCUT2D eigenvalue weighted by Gasteiger charge is -2.17. The van der Waals surface area contributed by atoms with Gasteiger partial charge >= 0.3 is 5.69 Å². The van der Waals surface area contributed by atoms with Crippen LogP contribution in [0.15, 0.2) is 39.9 Å². The van der Waals surface area contributed by atoms with E-state index >= 15 is 0 Å². The average Bonchev–Trinajstić information content (AvgIpc) is 2.45. The van der Waals surface area contributed by atoms with Crippen LogP contribution in [-0.2, 0) is 13.0 Å². The highest BCUT2D eigenvalue weighted by atomic mass is 16.2. The number of anilines is 2. The molecule has 1 aromatic carbocycles. The van der Waals surface area contributed by atoms with Crippen molar-refractivity contribution in [3.63, 3.8) is 0 Å². The molecule has 6 nitrogen and oxygen atoms in total. The molecule has 2 rings (SSSR count). The van der Waals surface area contributed by atoms with Crippen LogP contribution in [0.1, 0.15) is 19.4 Å². The van der Waals surface area contributed by atoms with Crippen molar-refractivity contribution in [1.29, 1.82) is 0 Å². The predicted octanol–water partition coefficient (Wildman–Crippen LogP) is 1.18. The van der Waals surface area contributed by atoms with Crippen LogP contribution < -0.4 is 22.3 Å². The summed E-state index contributed by atoms with van der Waals surface area (Å²) in [5.74, 6) is 0.172. The molecule has 0 amide bonds. The van der Waals surface area contributed by atoms with Crippen molar-refractivity contribution in [2.24, 2.45) is 0 Å². The molecule has 1 atom stereocenters. The Labute approximate surface area is 122 Å². The summed E-state index contributed by atoms with van der Waals surface area (Å²) in [5.41, 5.74) is 6.36. The third kappa shape index (κ3) is 3.34. The summed E-state index contributed by atoms with van der Waals surface area (Å²) in [5, 5.41) is 3.10. The Morgan fingerprint density at radius 3 is 2.57 bits per heavy atom. The van der Waals surface area contributed by atoms with Crippen LogP contribution in [0.5, 0.6) is 0 Å². The second kappa shape index (κ2) is 6.30. The minimum Gasteiger partial charge on any atom is -0.383 e. The number of benzene rings is 1. The standard InChI is InChI=1S/C15H20N4O2/c1-3-19-13(16)12(14(20)18-15(19)21)17-10(2)9-11-7-5-4-6-8-11/h4-8,10,17H,3,9,16H2,1-2H3,(H,18,20,21). The van der Waals surface area contributed by atoms with E-state index in [9.17, 15) is 9.59 Å². The number of nitrogen functional groups attached to an aromatic ring is 1. The zero-order valence-corrected chi connectivity index (χ0v) is 12.2. The molecule has 4 N–H and O–H groups in total. The molecule has 0 saturated carbocycles. The number of nitrogens with one attached hydrogen (secondary N) is 2. The van der Waals surface area contributed by atoms with E-state index in [1.807, 2.05) is 37.3 Å². The van der Waals surface area contributed by atoms with Crippen molar-refractivity contribution in [2.45, 2.75) is 32.9 Å². The Balaban J connectivity index is 2.23. The first-order valence-electron chi connectivity index (χ1n) is 6.96. The number of hydrogen-bond donors (Lipinski definition) is 3. The fourth-order valence-electron chi connectivity index (χ4n) is 2.31. The van der Waals surface area contributed by atoms with Gasteiger partial charge in [-0.05, 0) is 25.8 Å². The normalized spacial score (nSPS) is 12.1. The lowest BCUT2D eigenvalue weighted by Crippen LogP contribution is -2.35. The number of rotatable bonds is 5. The fraction of sp³-hybridized carbons (Fsp3) is 0.333. The van der Waals surface area contributed by atoms with Gasteiger partial charge in [0.15, 0.2) is 0 Å². The van der Waals surface area contributed by atoms with Gasteiger partial charge in [-0.2, -0.15) is 0 Å². The molecule has 0 aliphatic carbocycles. The van der Waals surface area contributed by atoms with Crippen molar-refractivity contribution >= 4 is 11.5 Å². The second-order valence-corrected chi connectivity index (χ2v) is 5.00. The summed E-state index contributed by atoms with van der Waals surface area (Å²) in [6.07, 6.45) is 0.755. The van der Waals surface area contributed by atoms with Crippen LogP contribution in [0.3, 0.4) is 0 Å². The number of aromatic amines is 1. The molecule has 2 aromatic rings. The van der Waals surface area contributed by atoms with Crippen molar-refractivity contribution < 1.29 is 0 Å². The molecule has 0 aliphatic heterocycles. The van der Waals surface area contributed by atoms with Gasteiger partial charge in [-0.3, -0.25) is 14.3 Å². The van der Waals surface area contributed by atoms with Gasteiger partial charge in [-0.15, -0.1) is 0 Å². The molecule has 1 heterocycles. The monoisotopic (exact) mass is 288 g/mol. The van der Waals surface area contributed by atoms with E-state index in [0.29, 0.717) is 6.54 Å². The van der Waals surface area contributed by atoms with Crippen LogP contribution in [0.25, 0.3) is 0 Å². The van der Waals surface area contributed by atoms with Crippen LogP contribution in [0.4, 0.5) is 11.5 Å². The summed E-state index contributed by atoms with van der Waals surface area (Å²) in [6, 6.07) is 9.97. The molecule has 6 heteroatoms. The van der Waals surface area contributed by atoms with Gasteiger partial charge in [-0.1, -0.05) is 30.3 Å². The molecule has 112 valence electrons. The van der Waals surface area contributed by atoms with Crippen LogP contribution in [0, 0.1) is 0 Å². The lowest BCUT2D eigenvalue weighted by molar-refractivity contribution is 0.700. The maximum atomic E-state index is 11.9. The van der Waals surface area contributed by atoms with E-state index in [4.69, 9.17) is 5.73 Å². The average molecular weight is 288 g/mol. The van der Waals surface area contributed by atoms with Gasteiger partial charge in [0.05, 0.1) is 0 Å². The SMILES string of the molecule is CCn1c(N)c(NC(C)Cc2ccccc2)c(=O)[nH]c1=O. The number of nitrogens with zero attached hydrogens (tertiary/aromatic N) is 1. The van der Waals surface area contributed by atoms with Crippen molar-refractivity contribution in [3.8, 4) is 0 Å². The van der Waals surface area contributed by atoms with Gasteiger partial charge in [0, 0.05) is 12.6 Å². The van der Waals surface area contributed by atoms with E-state index in [2.05, 4.69) is 10.3 Å². The van der Waals surface area contributed by atoms with Gasteiger partial charge in [0.25, 0.3) is 5.56 Å². The third-order valence-electron chi connectivity index (χ3n) is 3.33. The summed E-state index contributed by atoms with van der Waals surface area (Å²) in [4.78, 5) is 25.8. The maximum absolute atomic E-state index is 11.9. The molecule has 0 spiro atoms. The largest absolute Gasteiger partial charge is 0.383 e.